The van der Waals surface area contributed by atoms with Gasteiger partial charge < -0.3 is 36.5 Å². The van der Waals surface area contributed by atoms with E-state index in [1.54, 1.807) is 6.07 Å². The summed E-state index contributed by atoms with van der Waals surface area (Å²) in [7, 11) is -4.64. The number of quaternary nitrogens is 1. The number of phenolic OH excluding ortho intramolecular Hbond substituents is 1. The van der Waals surface area contributed by atoms with Crippen molar-refractivity contribution >= 4 is 65.2 Å². The number of carbonyl (C=O) groups excluding carboxylic acids is 1. The van der Waals surface area contributed by atoms with E-state index in [9.17, 15) is 14.7 Å². The number of hydrogen-bond donors (Lipinski definition) is 3. The number of nitrogens with one attached hydrogen (secondary N) is 1. The molecule has 2 unspecified atom stereocenters. The Morgan fingerprint density at radius 1 is 0.754 bits per heavy atom. The van der Waals surface area contributed by atoms with Gasteiger partial charge in [-0.3, -0.25) is 9.59 Å². The van der Waals surface area contributed by atoms with E-state index in [1.807, 2.05) is 36.4 Å². The summed E-state index contributed by atoms with van der Waals surface area (Å²) in [6, 6.07) is 14.5. The van der Waals surface area contributed by atoms with Gasteiger partial charge in [-0.25, -0.2) is 0 Å². The summed E-state index contributed by atoms with van der Waals surface area (Å²) in [5, 5.41) is 30.9. The molecule has 0 aliphatic heterocycles. The molecule has 3 rings (SSSR count). The van der Waals surface area contributed by atoms with Crippen molar-refractivity contribution < 1.29 is 40.7 Å². The van der Waals surface area contributed by atoms with Crippen molar-refractivity contribution in [3.8, 4) is 11.4 Å². The number of unbranched alkanes of at least 4 members (excludes halogenated alkanes) is 2. The van der Waals surface area contributed by atoms with Crippen LogP contribution in [-0.2, 0) is 32.5 Å². The van der Waals surface area contributed by atoms with Gasteiger partial charge >= 0.3 is 31.7 Å². The van der Waals surface area contributed by atoms with E-state index in [1.165, 1.54) is 4.80 Å². The predicted octanol–water partition coefficient (Wildman–Crippen LogP) is 8.50. The quantitative estimate of drug-likeness (QED) is 0.0480. The Morgan fingerprint density at radius 3 is 1.84 bits per heavy atom. The standard InChI is InChI=1S/C20H25N5O2.C19H48O6Si5/c1-25(2,3)13-12-21-20(27)11-9-15-8-10-19(26)18(14-15)24-22-16-6-4-5-7-17(16)23-24;1-12-13-17-30(11,24-28(8,9)22-26(2,3)4)25-29(10,23-27(5,6)7)18-15-14-16-19(20)21/h4-8,10,14H,9,11-13H2,1-3H3,(H-,21,26,27);12-18H2,1-11H3,(H,20,21)/p+1. The second-order valence-corrected chi connectivity index (χ2v) is 38.7. The number of aromatic hydroxyl groups is 1. The molecule has 1 amide bonds. The van der Waals surface area contributed by atoms with E-state index in [0.29, 0.717) is 31.5 Å². The summed E-state index contributed by atoms with van der Waals surface area (Å²) in [6.45, 7) is 25.5. The highest BCUT2D eigenvalue weighted by Gasteiger charge is 2.48. The van der Waals surface area contributed by atoms with Crippen molar-refractivity contribution in [2.24, 2.45) is 0 Å². The largest absolute Gasteiger partial charge is 0.506 e. The first-order valence-electron chi connectivity index (χ1n) is 20.4. The fourth-order valence-corrected chi connectivity index (χ4v) is 30.6. The second kappa shape index (κ2) is 21.6. The molecule has 0 saturated heterocycles. The molecule has 0 radical (unpaired) electrons. The van der Waals surface area contributed by atoms with Crippen LogP contribution in [0, 0.1) is 0 Å². The molecule has 2 atom stereocenters. The molecule has 1 heterocycles. The van der Waals surface area contributed by atoms with Gasteiger partial charge in [0.1, 0.15) is 22.5 Å². The van der Waals surface area contributed by atoms with Gasteiger partial charge in [-0.05, 0) is 120 Å². The van der Waals surface area contributed by atoms with E-state index >= 15 is 0 Å². The second-order valence-electron chi connectivity index (χ2n) is 18.7. The molecule has 13 nitrogen and oxygen atoms in total. The van der Waals surface area contributed by atoms with Crippen LogP contribution in [0.2, 0.25) is 77.6 Å². The number of carboxylic acids is 1. The fourth-order valence-electron chi connectivity index (χ4n) is 6.58. The number of aliphatic carboxylic acids is 1. The summed E-state index contributed by atoms with van der Waals surface area (Å²) in [5.74, 6) is -0.611. The van der Waals surface area contributed by atoms with E-state index in [2.05, 4.69) is 109 Å². The molecular formula is C39H74N5O8Si5+. The fraction of sp³-hybridized carbons (Fsp3) is 0.641. The number of phenols is 1. The zero-order valence-corrected chi connectivity index (χ0v) is 42.5. The third-order valence-corrected chi connectivity index (χ3v) is 26.8. The van der Waals surface area contributed by atoms with Crippen LogP contribution < -0.4 is 5.32 Å². The summed E-state index contributed by atoms with van der Waals surface area (Å²) >= 11 is 0. The van der Waals surface area contributed by atoms with E-state index < -0.39 is 48.3 Å². The van der Waals surface area contributed by atoms with Gasteiger partial charge in [0.05, 0.1) is 34.2 Å². The molecule has 0 aliphatic carbocycles. The first kappa shape index (κ1) is 50.6. The SMILES string of the molecule is CCCC[Si](C)(O[Si](C)(C)O[Si](C)(C)C)O[Si](C)(CCCCC(=O)O)O[Si](C)(C)C.C[N+](C)(C)CCNC(=O)CCc1ccc(O)c(-n2nc3ccccc3n2)c1. The Kier molecular flexibility index (Phi) is 19.2. The molecule has 0 aliphatic rings. The maximum Gasteiger partial charge on any atom is 0.317 e. The molecule has 57 heavy (non-hydrogen) atoms. The number of carboxylic acid groups (broad SMARTS) is 1. The molecule has 2 aromatic carbocycles. The van der Waals surface area contributed by atoms with Crippen LogP contribution in [0.15, 0.2) is 42.5 Å². The number of aromatic nitrogens is 3. The van der Waals surface area contributed by atoms with Crippen molar-refractivity contribution in [3.63, 3.8) is 0 Å². The normalized spacial score (nSPS) is 14.7. The first-order valence-corrected chi connectivity index (χ1v) is 35.0. The number of nitrogens with zero attached hydrogens (tertiary/aromatic N) is 4. The molecule has 0 spiro atoms. The number of benzene rings is 2. The van der Waals surface area contributed by atoms with Crippen molar-refractivity contribution in [1.82, 2.24) is 20.3 Å². The zero-order valence-electron chi connectivity index (χ0n) is 37.5. The van der Waals surface area contributed by atoms with Crippen LogP contribution in [-0.4, -0.2) is 118 Å². The molecule has 0 fully saturated rings. The number of rotatable bonds is 23. The van der Waals surface area contributed by atoms with Gasteiger partial charge in [0.25, 0.3) is 0 Å². The topological polar surface area (TPSA) is 154 Å². The molecule has 322 valence electrons. The van der Waals surface area contributed by atoms with E-state index in [0.717, 1.165) is 59.0 Å². The smallest absolute Gasteiger partial charge is 0.317 e. The Labute approximate surface area is 348 Å². The van der Waals surface area contributed by atoms with Crippen LogP contribution in [0.3, 0.4) is 0 Å². The Bertz CT molecular complexity index is 1690. The van der Waals surface area contributed by atoms with Gasteiger partial charge in [0, 0.05) is 12.8 Å². The van der Waals surface area contributed by atoms with Crippen molar-refractivity contribution in [2.75, 3.05) is 34.2 Å². The number of amides is 1. The molecule has 0 saturated carbocycles. The average molecular weight is 881 g/mol. The summed E-state index contributed by atoms with van der Waals surface area (Å²) < 4.78 is 27.7. The monoisotopic (exact) mass is 880 g/mol. The highest BCUT2D eigenvalue weighted by Crippen LogP contribution is 2.32. The molecule has 18 heteroatoms. The third kappa shape index (κ3) is 20.8. The summed E-state index contributed by atoms with van der Waals surface area (Å²) in [6.07, 6.45) is 4.81. The number of carbonyl (C=O) groups is 2. The van der Waals surface area contributed by atoms with Crippen molar-refractivity contribution in [2.45, 2.75) is 129 Å². The zero-order chi connectivity index (χ0) is 43.3. The van der Waals surface area contributed by atoms with Crippen LogP contribution in [0.4, 0.5) is 0 Å². The number of hydrogen-bond acceptors (Lipinski definition) is 9. The average Bonchev–Trinajstić information content (AvgIpc) is 3.47. The molecule has 3 N–H and O–H groups in total. The lowest BCUT2D eigenvalue weighted by Crippen LogP contribution is -2.60. The maximum atomic E-state index is 12.0. The lowest BCUT2D eigenvalue weighted by molar-refractivity contribution is -0.869. The summed E-state index contributed by atoms with van der Waals surface area (Å²) in [4.78, 5) is 24.4. The Balaban J connectivity index is 0.000000395. The number of aryl methyl sites for hydroxylation is 1. The number of likely N-dealkylation sites (N-methyl/N-ethyl adjacent to an activating group) is 1. The molecular weight excluding hydrogens is 807 g/mol. The lowest BCUT2D eigenvalue weighted by Gasteiger charge is -2.44. The Morgan fingerprint density at radius 2 is 1.32 bits per heavy atom. The van der Waals surface area contributed by atoms with Gasteiger partial charge in [0.2, 0.25) is 5.91 Å². The predicted molar refractivity (Wildman–Crippen MR) is 243 cm³/mol. The van der Waals surface area contributed by atoms with Gasteiger partial charge in [-0.1, -0.05) is 44.4 Å². The maximum absolute atomic E-state index is 12.0. The van der Waals surface area contributed by atoms with Gasteiger partial charge in [-0.15, -0.1) is 15.0 Å². The van der Waals surface area contributed by atoms with Gasteiger partial charge in [-0.2, -0.15) is 0 Å². The van der Waals surface area contributed by atoms with Crippen LogP contribution in [0.5, 0.6) is 5.75 Å². The van der Waals surface area contributed by atoms with Crippen LogP contribution in [0.1, 0.15) is 51.0 Å². The minimum atomic E-state index is -2.52. The van der Waals surface area contributed by atoms with E-state index in [-0.39, 0.29) is 18.1 Å². The third-order valence-electron chi connectivity index (χ3n) is 8.51. The van der Waals surface area contributed by atoms with Crippen LogP contribution >= 0.6 is 0 Å². The first-order chi connectivity index (χ1) is 26.1. The van der Waals surface area contributed by atoms with Crippen molar-refractivity contribution in [1.29, 1.82) is 0 Å². The summed E-state index contributed by atoms with van der Waals surface area (Å²) in [5.41, 5.74) is 2.98. The number of fused-ring (bicyclic) bond motifs is 1. The molecule has 0 bridgehead atoms. The van der Waals surface area contributed by atoms with Crippen LogP contribution in [0.25, 0.3) is 16.7 Å². The molecule has 3 aromatic rings. The minimum Gasteiger partial charge on any atom is -0.506 e. The van der Waals surface area contributed by atoms with Gasteiger partial charge in [0.15, 0.2) is 16.6 Å². The highest BCUT2D eigenvalue weighted by atomic mass is 28.5. The molecule has 1 aromatic heterocycles. The lowest BCUT2D eigenvalue weighted by atomic mass is 10.1. The Hall–Kier alpha value is -2.54. The van der Waals surface area contributed by atoms with Crippen molar-refractivity contribution in [3.05, 3.63) is 48.0 Å². The minimum absolute atomic E-state index is 0.0287. The highest BCUT2D eigenvalue weighted by molar-refractivity contribution is 6.90. The van der Waals surface area contributed by atoms with E-state index in [4.69, 9.17) is 21.6 Å².